The zero-order valence-electron chi connectivity index (χ0n) is 14.8. The fraction of sp³-hybridized carbons (Fsp3) is 0.278. The summed E-state index contributed by atoms with van der Waals surface area (Å²) in [6.45, 7) is 2.90. The van der Waals surface area contributed by atoms with Crippen molar-refractivity contribution < 1.29 is 8.42 Å². The van der Waals surface area contributed by atoms with Gasteiger partial charge in [0.15, 0.2) is 15.5 Å². The van der Waals surface area contributed by atoms with E-state index in [-0.39, 0.29) is 11.5 Å². The molecule has 1 fully saturated rings. The van der Waals surface area contributed by atoms with Gasteiger partial charge in [0.05, 0.1) is 34.6 Å². The first kappa shape index (κ1) is 16.2. The van der Waals surface area contributed by atoms with Crippen LogP contribution in [-0.2, 0) is 9.84 Å². The minimum atomic E-state index is -2.92. The Hall–Kier alpha value is -2.94. The molecular formula is C18H18N6O2S. The number of anilines is 1. The third-order valence-corrected chi connectivity index (χ3v) is 6.67. The van der Waals surface area contributed by atoms with E-state index < -0.39 is 9.84 Å². The maximum absolute atomic E-state index is 11.7. The van der Waals surface area contributed by atoms with Crippen LogP contribution < -0.4 is 4.90 Å². The van der Waals surface area contributed by atoms with Crippen molar-refractivity contribution >= 4 is 32.2 Å². The van der Waals surface area contributed by atoms with Crippen LogP contribution in [0.2, 0.25) is 0 Å². The molecule has 1 aliphatic rings. The molecule has 4 aromatic rings. The van der Waals surface area contributed by atoms with Crippen LogP contribution >= 0.6 is 0 Å². The fourth-order valence-electron chi connectivity index (χ4n) is 3.48. The Labute approximate surface area is 155 Å². The summed E-state index contributed by atoms with van der Waals surface area (Å²) in [5, 5.41) is 13.1. The maximum Gasteiger partial charge on any atom is 0.154 e. The van der Waals surface area contributed by atoms with Crippen LogP contribution in [0.1, 0.15) is 5.69 Å². The first-order valence-corrected chi connectivity index (χ1v) is 10.6. The molecule has 1 aromatic carbocycles. The highest BCUT2D eigenvalue weighted by molar-refractivity contribution is 7.91. The van der Waals surface area contributed by atoms with Gasteiger partial charge in [-0.1, -0.05) is 6.07 Å². The van der Waals surface area contributed by atoms with E-state index in [9.17, 15) is 8.42 Å². The van der Waals surface area contributed by atoms with Gasteiger partial charge in [-0.3, -0.25) is 5.10 Å². The largest absolute Gasteiger partial charge is 0.353 e. The SMILES string of the molecule is Cc1n[nH]c2ccc(-c3cnc4ccc(N5CCS(=O)(=O)CC5)nn34)cc12. The third kappa shape index (κ3) is 2.74. The Kier molecular flexibility index (Phi) is 3.48. The van der Waals surface area contributed by atoms with Crippen molar-refractivity contribution in [3.63, 3.8) is 0 Å². The minimum absolute atomic E-state index is 0.167. The topological polar surface area (TPSA) is 96.2 Å². The fourth-order valence-corrected chi connectivity index (χ4v) is 4.68. The van der Waals surface area contributed by atoms with E-state index >= 15 is 0 Å². The van der Waals surface area contributed by atoms with Crippen molar-refractivity contribution in [2.45, 2.75) is 6.92 Å². The number of imidazole rings is 1. The Morgan fingerprint density at radius 3 is 2.74 bits per heavy atom. The zero-order valence-corrected chi connectivity index (χ0v) is 15.6. The molecule has 1 N–H and O–H groups in total. The summed E-state index contributed by atoms with van der Waals surface area (Å²) in [5.41, 5.74) is 4.59. The normalized spacial score (nSPS) is 17.0. The zero-order chi connectivity index (χ0) is 18.6. The standard InChI is InChI=1S/C18H18N6O2S/c1-12-14-10-13(2-3-15(14)21-20-12)16-11-19-17-4-5-18(22-24(16)17)23-6-8-27(25,26)9-7-23/h2-5,10-11H,6-9H2,1H3,(H,20,21). The van der Waals surface area contributed by atoms with Gasteiger partial charge in [-0.2, -0.15) is 5.10 Å². The highest BCUT2D eigenvalue weighted by atomic mass is 32.2. The van der Waals surface area contributed by atoms with Gasteiger partial charge in [-0.25, -0.2) is 17.9 Å². The molecule has 0 unspecified atom stereocenters. The lowest BCUT2D eigenvalue weighted by Gasteiger charge is -2.27. The van der Waals surface area contributed by atoms with Crippen molar-refractivity contribution in [1.82, 2.24) is 24.8 Å². The van der Waals surface area contributed by atoms with E-state index in [2.05, 4.69) is 21.2 Å². The number of aryl methyl sites for hydroxylation is 1. The summed E-state index contributed by atoms with van der Waals surface area (Å²) >= 11 is 0. The maximum atomic E-state index is 11.7. The molecular weight excluding hydrogens is 364 g/mol. The molecule has 27 heavy (non-hydrogen) atoms. The number of H-pyrrole nitrogens is 1. The Morgan fingerprint density at radius 1 is 1.11 bits per heavy atom. The van der Waals surface area contributed by atoms with Crippen molar-refractivity contribution in [1.29, 1.82) is 0 Å². The average molecular weight is 382 g/mol. The molecule has 8 nitrogen and oxygen atoms in total. The number of rotatable bonds is 2. The lowest BCUT2D eigenvalue weighted by molar-refractivity contribution is 0.586. The second-order valence-corrected chi connectivity index (χ2v) is 9.12. The number of nitrogens with one attached hydrogen (secondary N) is 1. The number of benzene rings is 1. The highest BCUT2D eigenvalue weighted by Gasteiger charge is 2.23. The summed E-state index contributed by atoms with van der Waals surface area (Å²) in [6.07, 6.45) is 1.81. The Morgan fingerprint density at radius 2 is 1.93 bits per heavy atom. The first-order valence-electron chi connectivity index (χ1n) is 8.75. The Bertz CT molecular complexity index is 1260. The van der Waals surface area contributed by atoms with Crippen molar-refractivity contribution in [3.8, 4) is 11.3 Å². The lowest BCUT2D eigenvalue weighted by Crippen LogP contribution is -2.40. The molecule has 1 saturated heterocycles. The predicted molar refractivity (Wildman–Crippen MR) is 104 cm³/mol. The second kappa shape index (κ2) is 5.78. The number of hydrogen-bond donors (Lipinski definition) is 1. The number of fused-ring (bicyclic) bond motifs is 2. The summed E-state index contributed by atoms with van der Waals surface area (Å²) in [5.74, 6) is 1.09. The smallest absolute Gasteiger partial charge is 0.154 e. The molecule has 9 heteroatoms. The van der Waals surface area contributed by atoms with Gasteiger partial charge in [-0.15, -0.1) is 5.10 Å². The van der Waals surface area contributed by atoms with Crippen molar-refractivity contribution in [3.05, 3.63) is 42.2 Å². The number of nitrogens with zero attached hydrogens (tertiary/aromatic N) is 5. The first-order chi connectivity index (χ1) is 13.0. The molecule has 0 radical (unpaired) electrons. The molecule has 4 heterocycles. The molecule has 1 aliphatic heterocycles. The third-order valence-electron chi connectivity index (χ3n) is 5.07. The molecule has 0 amide bonds. The predicted octanol–water partition coefficient (Wildman–Crippen LogP) is 1.82. The number of aromatic nitrogens is 5. The van der Waals surface area contributed by atoms with Crippen molar-refractivity contribution in [2.75, 3.05) is 29.5 Å². The van der Waals surface area contributed by atoms with Gasteiger partial charge < -0.3 is 4.90 Å². The molecule has 3 aromatic heterocycles. The minimum Gasteiger partial charge on any atom is -0.353 e. The van der Waals surface area contributed by atoms with Crippen LogP contribution in [-0.4, -0.2) is 57.8 Å². The summed E-state index contributed by atoms with van der Waals surface area (Å²) in [6, 6.07) is 9.91. The number of aromatic amines is 1. The van der Waals surface area contributed by atoms with Gasteiger partial charge in [0, 0.05) is 24.0 Å². The summed E-state index contributed by atoms with van der Waals surface area (Å²) in [7, 11) is -2.92. The van der Waals surface area contributed by atoms with Crippen LogP contribution in [0.15, 0.2) is 36.5 Å². The molecule has 0 saturated carbocycles. The van der Waals surface area contributed by atoms with E-state index in [0.29, 0.717) is 13.1 Å². The van der Waals surface area contributed by atoms with Gasteiger partial charge in [-0.05, 0) is 31.2 Å². The molecule has 5 rings (SSSR count). The number of hydrogen-bond acceptors (Lipinski definition) is 6. The molecule has 0 aliphatic carbocycles. The molecule has 0 spiro atoms. The number of sulfone groups is 1. The Balaban J connectivity index is 1.58. The van der Waals surface area contributed by atoms with E-state index in [1.165, 1.54) is 0 Å². The monoisotopic (exact) mass is 382 g/mol. The van der Waals surface area contributed by atoms with E-state index in [0.717, 1.165) is 39.3 Å². The van der Waals surface area contributed by atoms with Crippen molar-refractivity contribution in [2.24, 2.45) is 0 Å². The lowest BCUT2D eigenvalue weighted by atomic mass is 10.1. The van der Waals surface area contributed by atoms with Crippen LogP contribution in [0.5, 0.6) is 0 Å². The average Bonchev–Trinajstić information content (AvgIpc) is 3.25. The van der Waals surface area contributed by atoms with Gasteiger partial charge >= 0.3 is 0 Å². The van der Waals surface area contributed by atoms with Gasteiger partial charge in [0.2, 0.25) is 0 Å². The highest BCUT2D eigenvalue weighted by Crippen LogP contribution is 2.26. The van der Waals surface area contributed by atoms with Gasteiger partial charge in [0.1, 0.15) is 5.82 Å². The van der Waals surface area contributed by atoms with E-state index in [1.807, 2.05) is 46.8 Å². The van der Waals surface area contributed by atoms with Crippen LogP contribution in [0.25, 0.3) is 27.8 Å². The van der Waals surface area contributed by atoms with Crippen LogP contribution in [0.3, 0.4) is 0 Å². The summed E-state index contributed by atoms with van der Waals surface area (Å²) < 4.78 is 25.2. The second-order valence-electron chi connectivity index (χ2n) is 6.81. The van der Waals surface area contributed by atoms with Crippen LogP contribution in [0, 0.1) is 6.92 Å². The summed E-state index contributed by atoms with van der Waals surface area (Å²) in [4.78, 5) is 6.46. The molecule has 0 bridgehead atoms. The van der Waals surface area contributed by atoms with E-state index in [1.54, 1.807) is 0 Å². The van der Waals surface area contributed by atoms with E-state index in [4.69, 9.17) is 5.10 Å². The van der Waals surface area contributed by atoms with Gasteiger partial charge in [0.25, 0.3) is 0 Å². The van der Waals surface area contributed by atoms with Crippen LogP contribution in [0.4, 0.5) is 5.82 Å². The molecule has 0 atom stereocenters. The quantitative estimate of drug-likeness (QED) is 0.568. The molecule has 138 valence electrons.